The molecule has 0 spiro atoms. The lowest BCUT2D eigenvalue weighted by molar-refractivity contribution is 0.0363. The molecule has 116 valence electrons. The summed E-state index contributed by atoms with van der Waals surface area (Å²) in [6, 6.07) is 5.96. The fourth-order valence-corrected chi connectivity index (χ4v) is 2.83. The molecule has 3 rings (SSSR count). The first-order valence-electron chi connectivity index (χ1n) is 7.25. The molecular formula is C16H17F2N3O. The zero-order chi connectivity index (χ0) is 15.7. The standard InChI is InChI=1S/C16H17F2N3O/c17-11-3-1-2-10(6-11)15-16(19)20-8-13(21-15)9-4-5-14(22)12(18)7-9/h1-3,6,8-9,12,14,22H,4-5,7H2,(H2,19,20)/t9-,12-,14-/m1/s1. The van der Waals surface area contributed by atoms with Crippen LogP contribution in [0.15, 0.2) is 30.5 Å². The molecule has 1 heterocycles. The molecule has 22 heavy (non-hydrogen) atoms. The van der Waals surface area contributed by atoms with Crippen LogP contribution in [0.3, 0.4) is 0 Å². The van der Waals surface area contributed by atoms with Crippen LogP contribution in [0.25, 0.3) is 11.3 Å². The molecule has 1 aliphatic rings. The van der Waals surface area contributed by atoms with Crippen LogP contribution in [-0.4, -0.2) is 27.4 Å². The maximum Gasteiger partial charge on any atom is 0.150 e. The van der Waals surface area contributed by atoms with E-state index in [1.165, 1.54) is 18.3 Å². The van der Waals surface area contributed by atoms with E-state index < -0.39 is 12.3 Å². The van der Waals surface area contributed by atoms with Crippen molar-refractivity contribution in [3.63, 3.8) is 0 Å². The molecule has 1 fully saturated rings. The quantitative estimate of drug-likeness (QED) is 0.895. The van der Waals surface area contributed by atoms with Crippen LogP contribution in [-0.2, 0) is 0 Å². The highest BCUT2D eigenvalue weighted by atomic mass is 19.1. The average molecular weight is 305 g/mol. The molecule has 3 N–H and O–H groups in total. The molecule has 3 atom stereocenters. The van der Waals surface area contributed by atoms with Crippen molar-refractivity contribution in [1.29, 1.82) is 0 Å². The van der Waals surface area contributed by atoms with E-state index in [0.29, 0.717) is 29.8 Å². The molecule has 0 bridgehead atoms. The third-order valence-corrected chi connectivity index (χ3v) is 4.07. The van der Waals surface area contributed by atoms with E-state index in [0.717, 1.165) is 0 Å². The SMILES string of the molecule is Nc1ncc([C@@H]2CC[C@@H](O)[C@H](F)C2)nc1-c1cccc(F)c1. The Labute approximate surface area is 127 Å². The van der Waals surface area contributed by atoms with Gasteiger partial charge in [0.25, 0.3) is 0 Å². The second-order valence-corrected chi connectivity index (χ2v) is 5.63. The molecule has 0 unspecified atom stereocenters. The van der Waals surface area contributed by atoms with Gasteiger partial charge in [-0.3, -0.25) is 0 Å². The van der Waals surface area contributed by atoms with Crippen molar-refractivity contribution in [3.8, 4) is 11.3 Å². The monoisotopic (exact) mass is 305 g/mol. The van der Waals surface area contributed by atoms with Gasteiger partial charge in [-0.1, -0.05) is 12.1 Å². The smallest absolute Gasteiger partial charge is 0.150 e. The number of nitrogen functional groups attached to an aromatic ring is 1. The lowest BCUT2D eigenvalue weighted by atomic mass is 9.84. The molecule has 1 aromatic heterocycles. The lowest BCUT2D eigenvalue weighted by Gasteiger charge is -2.28. The Bertz CT molecular complexity index is 680. The summed E-state index contributed by atoms with van der Waals surface area (Å²) < 4.78 is 27.1. The summed E-state index contributed by atoms with van der Waals surface area (Å²) in [5.74, 6) is -0.283. The normalized spacial score (nSPS) is 25.1. The number of hydrogen-bond acceptors (Lipinski definition) is 4. The van der Waals surface area contributed by atoms with Gasteiger partial charge in [0.15, 0.2) is 0 Å². The van der Waals surface area contributed by atoms with Crippen LogP contribution in [0, 0.1) is 5.82 Å². The van der Waals surface area contributed by atoms with Crippen molar-refractivity contribution in [2.75, 3.05) is 5.73 Å². The number of hydrogen-bond donors (Lipinski definition) is 2. The molecule has 1 aliphatic carbocycles. The zero-order valence-corrected chi connectivity index (χ0v) is 11.9. The maximum atomic E-state index is 13.7. The molecule has 1 aromatic carbocycles. The van der Waals surface area contributed by atoms with Gasteiger partial charge in [0.05, 0.1) is 18.0 Å². The Balaban J connectivity index is 1.93. The van der Waals surface area contributed by atoms with Crippen molar-refractivity contribution in [1.82, 2.24) is 9.97 Å². The van der Waals surface area contributed by atoms with Gasteiger partial charge >= 0.3 is 0 Å². The van der Waals surface area contributed by atoms with Crippen LogP contribution in [0.2, 0.25) is 0 Å². The second kappa shape index (κ2) is 5.96. The number of benzene rings is 1. The minimum Gasteiger partial charge on any atom is -0.390 e. The minimum atomic E-state index is -1.25. The maximum absolute atomic E-state index is 13.7. The summed E-state index contributed by atoms with van der Waals surface area (Å²) in [7, 11) is 0. The first-order valence-corrected chi connectivity index (χ1v) is 7.25. The molecule has 6 heteroatoms. The zero-order valence-electron chi connectivity index (χ0n) is 11.9. The summed E-state index contributed by atoms with van der Waals surface area (Å²) in [4.78, 5) is 8.58. The summed E-state index contributed by atoms with van der Waals surface area (Å²) in [5, 5.41) is 9.48. The Kier molecular flexibility index (Phi) is 4.02. The third kappa shape index (κ3) is 2.92. The number of rotatable bonds is 2. The topological polar surface area (TPSA) is 72.0 Å². The number of anilines is 1. The molecule has 0 aliphatic heterocycles. The number of aromatic nitrogens is 2. The van der Waals surface area contributed by atoms with E-state index in [2.05, 4.69) is 9.97 Å². The van der Waals surface area contributed by atoms with Crippen LogP contribution < -0.4 is 5.73 Å². The number of aliphatic hydroxyl groups is 1. The largest absolute Gasteiger partial charge is 0.390 e. The predicted molar refractivity (Wildman–Crippen MR) is 79.3 cm³/mol. The molecule has 0 radical (unpaired) electrons. The van der Waals surface area contributed by atoms with E-state index in [1.807, 2.05) is 0 Å². The summed E-state index contributed by atoms with van der Waals surface area (Å²) in [6.45, 7) is 0. The molecule has 1 saturated carbocycles. The Hall–Kier alpha value is -2.08. The average Bonchev–Trinajstić information content (AvgIpc) is 2.50. The summed E-state index contributed by atoms with van der Waals surface area (Å²) in [6.07, 6.45) is 0.627. The van der Waals surface area contributed by atoms with Crippen LogP contribution in [0.4, 0.5) is 14.6 Å². The summed E-state index contributed by atoms with van der Waals surface area (Å²) >= 11 is 0. The van der Waals surface area contributed by atoms with Gasteiger partial charge in [0.1, 0.15) is 23.5 Å². The Morgan fingerprint density at radius 2 is 2.09 bits per heavy atom. The van der Waals surface area contributed by atoms with E-state index >= 15 is 0 Å². The molecule has 0 amide bonds. The van der Waals surface area contributed by atoms with Crippen LogP contribution >= 0.6 is 0 Å². The van der Waals surface area contributed by atoms with Gasteiger partial charge in [-0.05, 0) is 31.4 Å². The van der Waals surface area contributed by atoms with Crippen molar-refractivity contribution >= 4 is 5.82 Å². The Morgan fingerprint density at radius 3 is 2.82 bits per heavy atom. The summed E-state index contributed by atoms with van der Waals surface area (Å²) in [5.41, 5.74) is 7.41. The van der Waals surface area contributed by atoms with Crippen molar-refractivity contribution in [2.24, 2.45) is 0 Å². The van der Waals surface area contributed by atoms with E-state index in [1.54, 1.807) is 12.1 Å². The number of halogens is 2. The highest BCUT2D eigenvalue weighted by molar-refractivity contribution is 5.69. The van der Waals surface area contributed by atoms with E-state index in [-0.39, 0.29) is 24.0 Å². The lowest BCUT2D eigenvalue weighted by Crippen LogP contribution is -2.30. The third-order valence-electron chi connectivity index (χ3n) is 4.07. The van der Waals surface area contributed by atoms with Crippen molar-refractivity contribution < 1.29 is 13.9 Å². The van der Waals surface area contributed by atoms with Crippen LogP contribution in [0.1, 0.15) is 30.9 Å². The fraction of sp³-hybridized carbons (Fsp3) is 0.375. The predicted octanol–water partition coefficient (Wildman–Crippen LogP) is 2.83. The highest BCUT2D eigenvalue weighted by Gasteiger charge is 2.31. The van der Waals surface area contributed by atoms with E-state index in [9.17, 15) is 13.9 Å². The van der Waals surface area contributed by atoms with Crippen LogP contribution in [0.5, 0.6) is 0 Å². The second-order valence-electron chi connectivity index (χ2n) is 5.63. The molecule has 2 aromatic rings. The molecule has 4 nitrogen and oxygen atoms in total. The van der Waals surface area contributed by atoms with Gasteiger partial charge in [-0.25, -0.2) is 18.7 Å². The van der Waals surface area contributed by atoms with Gasteiger partial charge < -0.3 is 10.8 Å². The van der Waals surface area contributed by atoms with Gasteiger partial charge in [0, 0.05) is 11.5 Å². The molecular weight excluding hydrogens is 288 g/mol. The fourth-order valence-electron chi connectivity index (χ4n) is 2.83. The van der Waals surface area contributed by atoms with E-state index in [4.69, 9.17) is 5.73 Å². The minimum absolute atomic E-state index is 0.112. The van der Waals surface area contributed by atoms with Gasteiger partial charge in [0.2, 0.25) is 0 Å². The molecule has 0 saturated heterocycles. The number of nitrogens with zero attached hydrogens (tertiary/aromatic N) is 2. The van der Waals surface area contributed by atoms with Gasteiger partial charge in [-0.2, -0.15) is 0 Å². The van der Waals surface area contributed by atoms with Gasteiger partial charge in [-0.15, -0.1) is 0 Å². The number of nitrogens with two attached hydrogens (primary N) is 1. The first-order chi connectivity index (χ1) is 10.5. The Morgan fingerprint density at radius 1 is 1.27 bits per heavy atom. The highest BCUT2D eigenvalue weighted by Crippen LogP contribution is 2.35. The van der Waals surface area contributed by atoms with Crippen molar-refractivity contribution in [3.05, 3.63) is 42.0 Å². The van der Waals surface area contributed by atoms with Crippen molar-refractivity contribution in [2.45, 2.75) is 37.5 Å². The first kappa shape index (κ1) is 14.8. The number of alkyl halides is 1. The number of aliphatic hydroxyl groups excluding tert-OH is 1.